The minimum atomic E-state index is -2.69. The van der Waals surface area contributed by atoms with E-state index in [0.717, 1.165) is 12.1 Å². The van der Waals surface area contributed by atoms with E-state index in [1.54, 1.807) is 36.2 Å². The Morgan fingerprint density at radius 1 is 1.22 bits per heavy atom. The molecule has 0 saturated carbocycles. The van der Waals surface area contributed by atoms with Gasteiger partial charge in [0, 0.05) is 42.9 Å². The third-order valence-corrected chi connectivity index (χ3v) is 6.29. The Labute approximate surface area is 183 Å². The SMILES string of the molecule is Cc1nc2ccc(C(=O)N3CC[C@H](C)[C@H](c4cc(C(F)F)nc5ncc(C)n45)C3)cc2o1. The molecule has 0 unspecified atom stereocenters. The van der Waals surface area contributed by atoms with Gasteiger partial charge < -0.3 is 9.32 Å². The molecule has 7 nitrogen and oxygen atoms in total. The zero-order valence-corrected chi connectivity index (χ0v) is 18.0. The lowest BCUT2D eigenvalue weighted by atomic mass is 9.84. The van der Waals surface area contributed by atoms with Gasteiger partial charge in [-0.3, -0.25) is 9.20 Å². The molecule has 9 heteroatoms. The smallest absolute Gasteiger partial charge is 0.280 e. The quantitative estimate of drug-likeness (QED) is 0.463. The average Bonchev–Trinajstić information content (AvgIpc) is 3.34. The van der Waals surface area contributed by atoms with Crippen LogP contribution in [0.1, 0.15) is 59.0 Å². The van der Waals surface area contributed by atoms with Gasteiger partial charge in [-0.2, -0.15) is 0 Å². The molecule has 0 aliphatic carbocycles. The van der Waals surface area contributed by atoms with Crippen LogP contribution in [0.25, 0.3) is 16.9 Å². The number of imidazole rings is 1. The third kappa shape index (κ3) is 3.41. The zero-order chi connectivity index (χ0) is 22.6. The van der Waals surface area contributed by atoms with Crippen molar-refractivity contribution in [2.24, 2.45) is 5.92 Å². The highest BCUT2D eigenvalue weighted by atomic mass is 19.3. The molecule has 32 heavy (non-hydrogen) atoms. The van der Waals surface area contributed by atoms with Crippen LogP contribution in [0.4, 0.5) is 8.78 Å². The summed E-state index contributed by atoms with van der Waals surface area (Å²) in [6, 6.07) is 6.70. The highest BCUT2D eigenvalue weighted by Crippen LogP contribution is 2.35. The molecule has 0 radical (unpaired) electrons. The van der Waals surface area contributed by atoms with Crippen LogP contribution >= 0.6 is 0 Å². The van der Waals surface area contributed by atoms with E-state index in [9.17, 15) is 13.6 Å². The second kappa shape index (κ2) is 7.65. The fourth-order valence-electron chi connectivity index (χ4n) is 4.57. The van der Waals surface area contributed by atoms with E-state index in [1.165, 1.54) is 6.07 Å². The number of aryl methyl sites for hydroxylation is 2. The number of rotatable bonds is 3. The van der Waals surface area contributed by atoms with Crippen LogP contribution in [0, 0.1) is 19.8 Å². The standard InChI is InChI=1S/C23H23F2N5O2/c1-12-6-7-29(22(31)15-4-5-17-20(8-15)32-14(3)27-17)11-16(12)19-9-18(21(24)25)28-23-26-10-13(2)30(19)23/h4-5,8-10,12,16,21H,6-7,11H2,1-3H3/t12-,16+/m0/s1. The molecule has 1 aliphatic rings. The monoisotopic (exact) mass is 439 g/mol. The predicted octanol–water partition coefficient (Wildman–Crippen LogP) is 4.69. The summed E-state index contributed by atoms with van der Waals surface area (Å²) in [6.45, 7) is 6.75. The molecule has 5 rings (SSSR count). The normalized spacial score (nSPS) is 19.4. The summed E-state index contributed by atoms with van der Waals surface area (Å²) in [7, 11) is 0. The van der Waals surface area contributed by atoms with E-state index in [0.29, 0.717) is 41.3 Å². The van der Waals surface area contributed by atoms with Gasteiger partial charge in [-0.05, 0) is 43.5 Å². The first-order valence-electron chi connectivity index (χ1n) is 10.6. The van der Waals surface area contributed by atoms with Crippen LogP contribution in [0.2, 0.25) is 0 Å². The second-order valence-corrected chi connectivity index (χ2v) is 8.48. The highest BCUT2D eigenvalue weighted by molar-refractivity contribution is 5.97. The largest absolute Gasteiger partial charge is 0.441 e. The lowest BCUT2D eigenvalue weighted by Gasteiger charge is -2.37. The van der Waals surface area contributed by atoms with Crippen molar-refractivity contribution in [1.29, 1.82) is 0 Å². The molecule has 0 spiro atoms. The summed E-state index contributed by atoms with van der Waals surface area (Å²) < 4.78 is 34.4. The number of alkyl halides is 2. The predicted molar refractivity (Wildman–Crippen MR) is 114 cm³/mol. The zero-order valence-electron chi connectivity index (χ0n) is 18.0. The van der Waals surface area contributed by atoms with Crippen molar-refractivity contribution in [2.45, 2.75) is 39.5 Å². The maximum Gasteiger partial charge on any atom is 0.280 e. The van der Waals surface area contributed by atoms with Crippen molar-refractivity contribution in [2.75, 3.05) is 13.1 Å². The minimum Gasteiger partial charge on any atom is -0.441 e. The molecule has 3 aromatic heterocycles. The fraction of sp³-hybridized carbons (Fsp3) is 0.391. The van der Waals surface area contributed by atoms with Crippen LogP contribution in [-0.2, 0) is 0 Å². The number of aromatic nitrogens is 4. The second-order valence-electron chi connectivity index (χ2n) is 8.48. The average molecular weight is 439 g/mol. The molecule has 2 atom stereocenters. The number of halogens is 2. The number of amides is 1. The Balaban J connectivity index is 1.50. The maximum absolute atomic E-state index is 13.5. The molecule has 1 amide bonds. The van der Waals surface area contributed by atoms with Crippen LogP contribution < -0.4 is 0 Å². The first-order chi connectivity index (χ1) is 15.3. The molecule has 1 aliphatic heterocycles. The summed E-state index contributed by atoms with van der Waals surface area (Å²) >= 11 is 0. The number of oxazole rings is 1. The topological polar surface area (TPSA) is 76.5 Å². The van der Waals surface area contributed by atoms with E-state index >= 15 is 0 Å². The van der Waals surface area contributed by atoms with Crippen molar-refractivity contribution in [3.8, 4) is 0 Å². The Morgan fingerprint density at radius 3 is 2.81 bits per heavy atom. The molecule has 1 aromatic carbocycles. The van der Waals surface area contributed by atoms with Gasteiger partial charge in [-0.15, -0.1) is 0 Å². The number of carbonyl (C=O) groups is 1. The Kier molecular flexibility index (Phi) is 4.91. The van der Waals surface area contributed by atoms with Gasteiger partial charge in [0.2, 0.25) is 5.78 Å². The van der Waals surface area contributed by atoms with Gasteiger partial charge in [0.05, 0.1) is 6.20 Å². The number of benzene rings is 1. The van der Waals surface area contributed by atoms with Crippen LogP contribution in [0.3, 0.4) is 0 Å². The van der Waals surface area contributed by atoms with E-state index in [2.05, 4.69) is 21.9 Å². The van der Waals surface area contributed by atoms with Crippen molar-refractivity contribution < 1.29 is 18.0 Å². The number of likely N-dealkylation sites (tertiary alicyclic amines) is 1. The van der Waals surface area contributed by atoms with Crippen molar-refractivity contribution >= 4 is 22.8 Å². The van der Waals surface area contributed by atoms with Gasteiger partial charge in [0.1, 0.15) is 11.2 Å². The van der Waals surface area contributed by atoms with Gasteiger partial charge in [0.25, 0.3) is 12.3 Å². The first kappa shape index (κ1) is 20.5. The van der Waals surface area contributed by atoms with E-state index in [4.69, 9.17) is 4.42 Å². The molecule has 1 fully saturated rings. The van der Waals surface area contributed by atoms with Crippen LogP contribution in [0.15, 0.2) is 34.9 Å². The number of hydrogen-bond donors (Lipinski definition) is 0. The summed E-state index contributed by atoms with van der Waals surface area (Å²) in [5.41, 5.74) is 3.05. The van der Waals surface area contributed by atoms with Gasteiger partial charge in [-0.25, -0.2) is 23.7 Å². The molecule has 0 N–H and O–H groups in total. The summed E-state index contributed by atoms with van der Waals surface area (Å²) in [4.78, 5) is 27.6. The van der Waals surface area contributed by atoms with Crippen LogP contribution in [-0.4, -0.2) is 43.2 Å². The third-order valence-electron chi connectivity index (χ3n) is 6.29. The lowest BCUT2D eigenvalue weighted by molar-refractivity contribution is 0.0666. The summed E-state index contributed by atoms with van der Waals surface area (Å²) in [6.07, 6.45) is -0.294. The summed E-state index contributed by atoms with van der Waals surface area (Å²) in [5, 5.41) is 0. The Morgan fingerprint density at radius 2 is 2.03 bits per heavy atom. The van der Waals surface area contributed by atoms with Crippen molar-refractivity contribution in [3.05, 3.63) is 59.0 Å². The summed E-state index contributed by atoms with van der Waals surface area (Å²) in [5.74, 6) is 0.775. The van der Waals surface area contributed by atoms with Gasteiger partial charge >= 0.3 is 0 Å². The lowest BCUT2D eigenvalue weighted by Crippen LogP contribution is -2.42. The van der Waals surface area contributed by atoms with E-state index in [1.807, 2.05) is 11.3 Å². The molecular formula is C23H23F2N5O2. The van der Waals surface area contributed by atoms with Crippen molar-refractivity contribution in [1.82, 2.24) is 24.3 Å². The fourth-order valence-corrected chi connectivity index (χ4v) is 4.57. The first-order valence-corrected chi connectivity index (χ1v) is 10.6. The molecule has 4 aromatic rings. The highest BCUT2D eigenvalue weighted by Gasteiger charge is 2.33. The number of fused-ring (bicyclic) bond motifs is 2. The van der Waals surface area contributed by atoms with Crippen molar-refractivity contribution in [3.63, 3.8) is 0 Å². The maximum atomic E-state index is 13.5. The number of nitrogens with zero attached hydrogens (tertiary/aromatic N) is 5. The van der Waals surface area contributed by atoms with E-state index in [-0.39, 0.29) is 29.2 Å². The number of piperidine rings is 1. The molecule has 0 bridgehead atoms. The van der Waals surface area contributed by atoms with E-state index < -0.39 is 6.43 Å². The molecule has 1 saturated heterocycles. The number of hydrogen-bond acceptors (Lipinski definition) is 5. The Bertz CT molecular complexity index is 1330. The Hall–Kier alpha value is -3.36. The molecular weight excluding hydrogens is 416 g/mol. The van der Waals surface area contributed by atoms with Crippen LogP contribution in [0.5, 0.6) is 0 Å². The molecule has 4 heterocycles. The van der Waals surface area contributed by atoms with Gasteiger partial charge in [0.15, 0.2) is 11.5 Å². The van der Waals surface area contributed by atoms with Gasteiger partial charge in [-0.1, -0.05) is 6.92 Å². The minimum absolute atomic E-state index is 0.111. The number of carbonyl (C=O) groups excluding carboxylic acids is 1. The molecule has 166 valence electrons.